The lowest BCUT2D eigenvalue weighted by atomic mass is 10.1. The summed E-state index contributed by atoms with van der Waals surface area (Å²) >= 11 is 7.26. The SMILES string of the molecule is CC(SCc1ncc(-c2ccc(Cl)cc2)o1)C(=O)NCC1(C(=O)O)CC1. The Morgan fingerprint density at radius 2 is 2.08 bits per heavy atom. The largest absolute Gasteiger partial charge is 0.481 e. The summed E-state index contributed by atoms with van der Waals surface area (Å²) in [4.78, 5) is 27.5. The van der Waals surface area contributed by atoms with E-state index in [9.17, 15) is 9.59 Å². The molecule has 1 fully saturated rings. The monoisotopic (exact) mass is 394 g/mol. The number of carboxylic acids is 1. The Kier molecular flexibility index (Phi) is 5.58. The normalized spacial score (nSPS) is 16.1. The summed E-state index contributed by atoms with van der Waals surface area (Å²) < 4.78 is 5.71. The van der Waals surface area contributed by atoms with Gasteiger partial charge in [0.2, 0.25) is 11.8 Å². The van der Waals surface area contributed by atoms with Crippen molar-refractivity contribution in [3.63, 3.8) is 0 Å². The van der Waals surface area contributed by atoms with Crippen molar-refractivity contribution in [2.45, 2.75) is 30.8 Å². The molecule has 1 aliphatic carbocycles. The number of carboxylic acid groups (broad SMARTS) is 1. The van der Waals surface area contributed by atoms with E-state index < -0.39 is 11.4 Å². The number of amides is 1. The van der Waals surface area contributed by atoms with Crippen LogP contribution < -0.4 is 5.32 Å². The zero-order valence-electron chi connectivity index (χ0n) is 14.2. The molecule has 138 valence electrons. The highest BCUT2D eigenvalue weighted by Crippen LogP contribution is 2.45. The van der Waals surface area contributed by atoms with Crippen LogP contribution in [-0.2, 0) is 15.3 Å². The first-order valence-electron chi connectivity index (χ1n) is 8.23. The van der Waals surface area contributed by atoms with Crippen molar-refractivity contribution >= 4 is 35.2 Å². The zero-order chi connectivity index (χ0) is 18.7. The second-order valence-corrected chi connectivity index (χ2v) is 8.15. The second kappa shape index (κ2) is 7.72. The van der Waals surface area contributed by atoms with E-state index in [4.69, 9.17) is 21.1 Å². The van der Waals surface area contributed by atoms with Gasteiger partial charge in [0.25, 0.3) is 0 Å². The third-order valence-corrected chi connectivity index (χ3v) is 5.80. The summed E-state index contributed by atoms with van der Waals surface area (Å²) in [5, 5.41) is 12.2. The van der Waals surface area contributed by atoms with Crippen LogP contribution in [0.25, 0.3) is 11.3 Å². The lowest BCUT2D eigenvalue weighted by Gasteiger charge is -2.14. The van der Waals surface area contributed by atoms with E-state index in [1.54, 1.807) is 25.3 Å². The molecular weight excluding hydrogens is 376 g/mol. The molecule has 1 aliphatic rings. The maximum atomic E-state index is 12.1. The topological polar surface area (TPSA) is 92.4 Å². The molecule has 1 aromatic carbocycles. The van der Waals surface area contributed by atoms with Crippen molar-refractivity contribution in [1.29, 1.82) is 0 Å². The minimum Gasteiger partial charge on any atom is -0.481 e. The smallest absolute Gasteiger partial charge is 0.311 e. The van der Waals surface area contributed by atoms with Gasteiger partial charge in [-0.3, -0.25) is 9.59 Å². The van der Waals surface area contributed by atoms with Gasteiger partial charge in [0.05, 0.1) is 22.6 Å². The molecule has 1 atom stereocenters. The predicted molar refractivity (Wildman–Crippen MR) is 100 cm³/mol. The quantitative estimate of drug-likeness (QED) is 0.710. The number of hydrogen-bond acceptors (Lipinski definition) is 5. The first-order valence-corrected chi connectivity index (χ1v) is 9.66. The average Bonchev–Trinajstić information content (AvgIpc) is 3.29. The van der Waals surface area contributed by atoms with Crippen LogP contribution >= 0.6 is 23.4 Å². The molecule has 26 heavy (non-hydrogen) atoms. The number of hydrogen-bond donors (Lipinski definition) is 2. The van der Waals surface area contributed by atoms with E-state index in [-0.39, 0.29) is 17.7 Å². The molecule has 1 heterocycles. The molecule has 0 spiro atoms. The lowest BCUT2D eigenvalue weighted by molar-refractivity contribution is -0.143. The number of aromatic nitrogens is 1. The lowest BCUT2D eigenvalue weighted by Crippen LogP contribution is -2.38. The van der Waals surface area contributed by atoms with E-state index in [1.165, 1.54) is 11.8 Å². The van der Waals surface area contributed by atoms with Crippen molar-refractivity contribution in [2.75, 3.05) is 6.54 Å². The summed E-state index contributed by atoms with van der Waals surface area (Å²) in [6.45, 7) is 1.97. The average molecular weight is 395 g/mol. The van der Waals surface area contributed by atoms with E-state index in [0.29, 0.717) is 35.3 Å². The number of oxazole rings is 1. The Labute approximate surface area is 160 Å². The molecule has 8 heteroatoms. The van der Waals surface area contributed by atoms with E-state index >= 15 is 0 Å². The molecule has 2 aromatic rings. The summed E-state index contributed by atoms with van der Waals surface area (Å²) in [7, 11) is 0. The van der Waals surface area contributed by atoms with Crippen molar-refractivity contribution in [3.05, 3.63) is 41.4 Å². The van der Waals surface area contributed by atoms with Crippen molar-refractivity contribution in [1.82, 2.24) is 10.3 Å². The van der Waals surface area contributed by atoms with Gasteiger partial charge in [0.1, 0.15) is 0 Å². The molecule has 0 radical (unpaired) electrons. The minimum absolute atomic E-state index is 0.174. The highest BCUT2D eigenvalue weighted by molar-refractivity contribution is 7.99. The minimum atomic E-state index is -0.840. The van der Waals surface area contributed by atoms with Crippen LogP contribution in [0.4, 0.5) is 0 Å². The van der Waals surface area contributed by atoms with E-state index in [0.717, 1.165) is 5.56 Å². The Morgan fingerprint density at radius 1 is 1.38 bits per heavy atom. The fourth-order valence-corrected chi connectivity index (χ4v) is 3.30. The third-order valence-electron chi connectivity index (χ3n) is 4.42. The maximum Gasteiger partial charge on any atom is 0.311 e. The van der Waals surface area contributed by atoms with Crippen molar-refractivity contribution in [3.8, 4) is 11.3 Å². The number of thioether (sulfide) groups is 1. The third kappa shape index (κ3) is 4.40. The summed E-state index contributed by atoms with van der Waals surface area (Å²) in [6, 6.07) is 7.27. The Bertz CT molecular complexity index is 802. The van der Waals surface area contributed by atoms with Crippen LogP contribution in [0.3, 0.4) is 0 Å². The van der Waals surface area contributed by atoms with Gasteiger partial charge in [-0.05, 0) is 44.0 Å². The Balaban J connectivity index is 1.48. The van der Waals surface area contributed by atoms with E-state index in [1.807, 2.05) is 12.1 Å². The molecule has 1 saturated carbocycles. The fraction of sp³-hybridized carbons (Fsp3) is 0.389. The first-order chi connectivity index (χ1) is 12.4. The standard InChI is InChI=1S/C18H19ClN2O4S/c1-11(16(22)21-10-18(6-7-18)17(23)24)26-9-15-20-8-14(25-15)12-2-4-13(19)5-3-12/h2-5,8,11H,6-7,9-10H2,1H3,(H,21,22)(H,23,24). The number of carbonyl (C=O) groups excluding carboxylic acids is 1. The number of aliphatic carboxylic acids is 1. The number of halogens is 1. The zero-order valence-corrected chi connectivity index (χ0v) is 15.8. The summed E-state index contributed by atoms with van der Waals surface area (Å²) in [5.74, 6) is 0.613. The molecule has 0 aliphatic heterocycles. The molecule has 1 unspecified atom stereocenters. The number of nitrogens with one attached hydrogen (secondary N) is 1. The van der Waals surface area contributed by atoms with Gasteiger partial charge in [-0.1, -0.05) is 11.6 Å². The molecule has 3 rings (SSSR count). The van der Waals surface area contributed by atoms with Gasteiger partial charge in [-0.25, -0.2) is 4.98 Å². The van der Waals surface area contributed by atoms with Crippen LogP contribution in [-0.4, -0.2) is 33.8 Å². The Morgan fingerprint density at radius 3 is 2.69 bits per heavy atom. The van der Waals surface area contributed by atoms with Crippen molar-refractivity contribution < 1.29 is 19.1 Å². The molecule has 1 aromatic heterocycles. The highest BCUT2D eigenvalue weighted by atomic mass is 35.5. The van der Waals surface area contributed by atoms with Crippen LogP contribution in [0.5, 0.6) is 0 Å². The molecule has 0 saturated heterocycles. The van der Waals surface area contributed by atoms with E-state index in [2.05, 4.69) is 10.3 Å². The fourth-order valence-electron chi connectivity index (χ4n) is 2.41. The highest BCUT2D eigenvalue weighted by Gasteiger charge is 2.50. The Hall–Kier alpha value is -1.99. The molecule has 0 bridgehead atoms. The predicted octanol–water partition coefficient (Wildman–Crippen LogP) is 3.60. The van der Waals surface area contributed by atoms with Crippen LogP contribution in [0, 0.1) is 5.41 Å². The summed E-state index contributed by atoms with van der Waals surface area (Å²) in [6.07, 6.45) is 2.88. The van der Waals surface area contributed by atoms with Crippen molar-refractivity contribution in [2.24, 2.45) is 5.41 Å². The van der Waals surface area contributed by atoms with Crippen LogP contribution in [0.2, 0.25) is 5.02 Å². The van der Waals surface area contributed by atoms with Gasteiger partial charge in [-0.2, -0.15) is 0 Å². The molecular formula is C18H19ClN2O4S. The van der Waals surface area contributed by atoms with Crippen LogP contribution in [0.15, 0.2) is 34.9 Å². The molecule has 2 N–H and O–H groups in total. The maximum absolute atomic E-state index is 12.1. The van der Waals surface area contributed by atoms with Gasteiger partial charge < -0.3 is 14.8 Å². The first kappa shape index (κ1) is 18.8. The second-order valence-electron chi connectivity index (χ2n) is 6.38. The number of rotatable bonds is 8. The summed E-state index contributed by atoms with van der Waals surface area (Å²) in [5.41, 5.74) is 0.128. The van der Waals surface area contributed by atoms with Crippen LogP contribution in [0.1, 0.15) is 25.7 Å². The molecule has 1 amide bonds. The van der Waals surface area contributed by atoms with Gasteiger partial charge in [-0.15, -0.1) is 11.8 Å². The van der Waals surface area contributed by atoms with Gasteiger partial charge in [0, 0.05) is 17.1 Å². The molecule has 6 nitrogen and oxygen atoms in total. The number of carbonyl (C=O) groups is 2. The van der Waals surface area contributed by atoms with Gasteiger partial charge in [0.15, 0.2) is 5.76 Å². The number of nitrogens with zero attached hydrogens (tertiary/aromatic N) is 1. The van der Waals surface area contributed by atoms with Gasteiger partial charge >= 0.3 is 5.97 Å². The number of benzene rings is 1.